The van der Waals surface area contributed by atoms with E-state index in [0.717, 1.165) is 23.6 Å². The lowest BCUT2D eigenvalue weighted by Crippen LogP contribution is -2.23. The summed E-state index contributed by atoms with van der Waals surface area (Å²) in [4.78, 5) is 4.72. The summed E-state index contributed by atoms with van der Waals surface area (Å²) in [5, 5.41) is 13.9. The first kappa shape index (κ1) is 15.4. The van der Waals surface area contributed by atoms with Gasteiger partial charge < -0.3 is 14.8 Å². The number of hydrogen-bond acceptors (Lipinski definition) is 4. The fourth-order valence-corrected chi connectivity index (χ4v) is 3.07. The van der Waals surface area contributed by atoms with Crippen molar-refractivity contribution < 1.29 is 5.11 Å². The predicted molar refractivity (Wildman–Crippen MR) is 84.2 cm³/mol. The van der Waals surface area contributed by atoms with Crippen LogP contribution in [-0.4, -0.2) is 32.4 Å². The van der Waals surface area contributed by atoms with Crippen molar-refractivity contribution in [3.05, 3.63) is 30.1 Å². The highest BCUT2D eigenvalue weighted by molar-refractivity contribution is 7.99. The average Bonchev–Trinajstić information content (AvgIpc) is 2.73. The topological polar surface area (TPSA) is 49.6 Å². The van der Waals surface area contributed by atoms with Crippen molar-refractivity contribution in [1.82, 2.24) is 14.7 Å². The molecule has 2 N–H and O–H groups in total. The van der Waals surface area contributed by atoms with Crippen LogP contribution in [-0.2, 0) is 6.54 Å². The first-order valence-electron chi connectivity index (χ1n) is 7.08. The van der Waals surface area contributed by atoms with Crippen LogP contribution in [0.4, 0.5) is 0 Å². The number of nitrogens with zero attached hydrogens (tertiary/aromatic N) is 2. The quantitative estimate of drug-likeness (QED) is 0.771. The van der Waals surface area contributed by atoms with Gasteiger partial charge in [0.2, 0.25) is 0 Å². The lowest BCUT2D eigenvalue weighted by Gasteiger charge is -2.12. The molecular formula is C15H23N3OS. The maximum absolute atomic E-state index is 9.05. The number of aliphatic hydroxyl groups is 1. The molecule has 0 fully saturated rings. The van der Waals surface area contributed by atoms with E-state index in [1.807, 2.05) is 18.2 Å². The Balaban J connectivity index is 2.28. The molecule has 1 atom stereocenters. The molecule has 0 amide bonds. The molecule has 2 rings (SSSR count). The van der Waals surface area contributed by atoms with Crippen molar-refractivity contribution in [2.75, 3.05) is 6.61 Å². The van der Waals surface area contributed by atoms with Gasteiger partial charge in [-0.15, -0.1) is 11.8 Å². The minimum absolute atomic E-state index is 0.223. The highest BCUT2D eigenvalue weighted by atomic mass is 32.2. The predicted octanol–water partition coefficient (Wildman–Crippen LogP) is 2.70. The van der Waals surface area contributed by atoms with Crippen molar-refractivity contribution in [2.45, 2.75) is 50.1 Å². The second-order valence-corrected chi connectivity index (χ2v) is 6.70. The van der Waals surface area contributed by atoms with E-state index < -0.39 is 0 Å². The van der Waals surface area contributed by atoms with Gasteiger partial charge in [-0.2, -0.15) is 0 Å². The van der Waals surface area contributed by atoms with Crippen LogP contribution in [0.5, 0.6) is 0 Å². The summed E-state index contributed by atoms with van der Waals surface area (Å²) in [5.41, 5.74) is 2.18. The molecule has 20 heavy (non-hydrogen) atoms. The molecule has 0 aliphatic carbocycles. The minimum Gasteiger partial charge on any atom is -0.396 e. The Bertz CT molecular complexity index is 553. The number of pyridine rings is 1. The standard InChI is InChI=1S/C15H23N3OS/c1-11(2)16-10-13-15(20-12(3)7-9-19)17-14-6-4-5-8-18(13)14/h4-6,8,11-12,16,19H,7,9-10H2,1-3H3. The first-order chi connectivity index (χ1) is 9.61. The molecule has 0 saturated carbocycles. The van der Waals surface area contributed by atoms with E-state index in [4.69, 9.17) is 10.1 Å². The third-order valence-corrected chi connectivity index (χ3v) is 4.31. The van der Waals surface area contributed by atoms with E-state index in [0.29, 0.717) is 11.3 Å². The largest absolute Gasteiger partial charge is 0.396 e. The number of thioether (sulfide) groups is 1. The van der Waals surface area contributed by atoms with Crippen LogP contribution in [0.2, 0.25) is 0 Å². The maximum atomic E-state index is 9.05. The Labute approximate surface area is 124 Å². The van der Waals surface area contributed by atoms with Gasteiger partial charge in [0, 0.05) is 30.6 Å². The summed E-state index contributed by atoms with van der Waals surface area (Å²) < 4.78 is 2.14. The van der Waals surface area contributed by atoms with Gasteiger partial charge in [-0.05, 0) is 18.6 Å². The van der Waals surface area contributed by atoms with E-state index in [9.17, 15) is 0 Å². The molecule has 110 valence electrons. The van der Waals surface area contributed by atoms with E-state index in [-0.39, 0.29) is 6.61 Å². The number of aliphatic hydroxyl groups excluding tert-OH is 1. The summed E-state index contributed by atoms with van der Waals surface area (Å²) in [6.07, 6.45) is 2.84. The zero-order valence-corrected chi connectivity index (χ0v) is 13.2. The third kappa shape index (κ3) is 3.75. The monoisotopic (exact) mass is 293 g/mol. The third-order valence-electron chi connectivity index (χ3n) is 3.12. The van der Waals surface area contributed by atoms with Gasteiger partial charge in [0.1, 0.15) is 10.7 Å². The second-order valence-electron chi connectivity index (χ2n) is 5.27. The van der Waals surface area contributed by atoms with Crippen LogP contribution in [0.1, 0.15) is 32.9 Å². The molecule has 2 aromatic rings. The van der Waals surface area contributed by atoms with Gasteiger partial charge in [-0.25, -0.2) is 4.98 Å². The number of nitrogens with one attached hydrogen (secondary N) is 1. The van der Waals surface area contributed by atoms with Crippen LogP contribution in [0, 0.1) is 0 Å². The Kier molecular flexibility index (Phi) is 5.46. The SMILES string of the molecule is CC(C)NCc1c(SC(C)CCO)nc2ccccn12. The number of aromatic nitrogens is 2. The van der Waals surface area contributed by atoms with Crippen molar-refractivity contribution in [3.8, 4) is 0 Å². The van der Waals surface area contributed by atoms with Crippen molar-refractivity contribution in [1.29, 1.82) is 0 Å². The zero-order chi connectivity index (χ0) is 14.5. The molecule has 1 unspecified atom stereocenters. The summed E-state index contributed by atoms with van der Waals surface area (Å²) in [6.45, 7) is 7.44. The molecule has 0 radical (unpaired) electrons. The molecule has 4 nitrogen and oxygen atoms in total. The summed E-state index contributed by atoms with van der Waals surface area (Å²) in [7, 11) is 0. The van der Waals surface area contributed by atoms with Crippen molar-refractivity contribution in [2.24, 2.45) is 0 Å². The summed E-state index contributed by atoms with van der Waals surface area (Å²) in [5.74, 6) is 0. The second kappa shape index (κ2) is 7.11. The summed E-state index contributed by atoms with van der Waals surface area (Å²) >= 11 is 1.74. The summed E-state index contributed by atoms with van der Waals surface area (Å²) in [6, 6.07) is 6.50. The molecule has 0 aliphatic heterocycles. The van der Waals surface area contributed by atoms with Gasteiger partial charge in [0.25, 0.3) is 0 Å². The van der Waals surface area contributed by atoms with Crippen LogP contribution in [0.25, 0.3) is 5.65 Å². The molecule has 0 spiro atoms. The first-order valence-corrected chi connectivity index (χ1v) is 7.96. The Hall–Kier alpha value is -1.04. The van der Waals surface area contributed by atoms with Gasteiger partial charge in [0.15, 0.2) is 0 Å². The van der Waals surface area contributed by atoms with Crippen LogP contribution >= 0.6 is 11.8 Å². The molecule has 0 saturated heterocycles. The lowest BCUT2D eigenvalue weighted by atomic mass is 10.3. The van der Waals surface area contributed by atoms with Crippen LogP contribution < -0.4 is 5.32 Å². The van der Waals surface area contributed by atoms with Crippen molar-refractivity contribution >= 4 is 17.4 Å². The number of hydrogen-bond donors (Lipinski definition) is 2. The number of fused-ring (bicyclic) bond motifs is 1. The fraction of sp³-hybridized carbons (Fsp3) is 0.533. The van der Waals surface area contributed by atoms with Gasteiger partial charge in [0.05, 0.1) is 5.69 Å². The van der Waals surface area contributed by atoms with Gasteiger partial charge in [-0.1, -0.05) is 26.8 Å². The number of rotatable bonds is 7. The highest BCUT2D eigenvalue weighted by Crippen LogP contribution is 2.28. The Morgan fingerprint density at radius 3 is 2.85 bits per heavy atom. The highest BCUT2D eigenvalue weighted by Gasteiger charge is 2.15. The smallest absolute Gasteiger partial charge is 0.138 e. The van der Waals surface area contributed by atoms with E-state index in [1.165, 1.54) is 5.69 Å². The molecule has 2 aromatic heterocycles. The van der Waals surface area contributed by atoms with E-state index >= 15 is 0 Å². The molecule has 0 aliphatic rings. The molecule has 5 heteroatoms. The maximum Gasteiger partial charge on any atom is 0.138 e. The average molecular weight is 293 g/mol. The molecular weight excluding hydrogens is 270 g/mol. The van der Waals surface area contributed by atoms with Crippen LogP contribution in [0.15, 0.2) is 29.4 Å². The Morgan fingerprint density at radius 1 is 1.35 bits per heavy atom. The minimum atomic E-state index is 0.223. The Morgan fingerprint density at radius 2 is 2.15 bits per heavy atom. The zero-order valence-electron chi connectivity index (χ0n) is 12.3. The number of imidazole rings is 1. The molecule has 0 bridgehead atoms. The van der Waals surface area contributed by atoms with E-state index in [1.54, 1.807) is 11.8 Å². The van der Waals surface area contributed by atoms with Gasteiger partial charge >= 0.3 is 0 Å². The van der Waals surface area contributed by atoms with Crippen LogP contribution in [0.3, 0.4) is 0 Å². The van der Waals surface area contributed by atoms with Crippen molar-refractivity contribution in [3.63, 3.8) is 0 Å². The lowest BCUT2D eigenvalue weighted by molar-refractivity contribution is 0.289. The van der Waals surface area contributed by atoms with E-state index in [2.05, 4.69) is 36.7 Å². The molecule has 2 heterocycles. The normalized spacial score (nSPS) is 13.2. The fourth-order valence-electron chi connectivity index (χ4n) is 2.01. The molecule has 0 aromatic carbocycles. The van der Waals surface area contributed by atoms with Gasteiger partial charge in [-0.3, -0.25) is 0 Å².